The van der Waals surface area contributed by atoms with E-state index in [2.05, 4.69) is 10.2 Å². The van der Waals surface area contributed by atoms with Crippen molar-refractivity contribution in [1.29, 1.82) is 0 Å². The number of hydrogen-bond acceptors (Lipinski definition) is 5. The Morgan fingerprint density at radius 1 is 1.14 bits per heavy atom. The van der Waals surface area contributed by atoms with E-state index in [1.807, 2.05) is 24.3 Å². The summed E-state index contributed by atoms with van der Waals surface area (Å²) in [6, 6.07) is 10.8. The number of ether oxygens (including phenoxy) is 2. The van der Waals surface area contributed by atoms with Crippen LogP contribution in [0.15, 0.2) is 42.6 Å². The first-order chi connectivity index (χ1) is 10.2. The molecule has 3 rings (SSSR count). The SMILES string of the molecule is COC(=O)c1c(-c2ccc(OC)cc2)nn2ncccc12. The van der Waals surface area contributed by atoms with Crippen LogP contribution >= 0.6 is 0 Å². The highest BCUT2D eigenvalue weighted by Gasteiger charge is 2.21. The van der Waals surface area contributed by atoms with E-state index in [0.29, 0.717) is 16.8 Å². The van der Waals surface area contributed by atoms with Crippen LogP contribution in [0.4, 0.5) is 0 Å². The summed E-state index contributed by atoms with van der Waals surface area (Å²) < 4.78 is 11.4. The van der Waals surface area contributed by atoms with Gasteiger partial charge in [0, 0.05) is 11.8 Å². The third kappa shape index (κ3) is 2.20. The molecule has 0 aliphatic carbocycles. The maximum absolute atomic E-state index is 12.1. The predicted molar refractivity (Wildman–Crippen MR) is 76.3 cm³/mol. The van der Waals surface area contributed by atoms with Gasteiger partial charge in [-0.2, -0.15) is 9.73 Å². The van der Waals surface area contributed by atoms with Gasteiger partial charge >= 0.3 is 5.97 Å². The number of nitrogens with zero attached hydrogens (tertiary/aromatic N) is 3. The summed E-state index contributed by atoms with van der Waals surface area (Å²) in [4.78, 5) is 12.1. The van der Waals surface area contributed by atoms with Gasteiger partial charge in [-0.3, -0.25) is 0 Å². The van der Waals surface area contributed by atoms with Crippen molar-refractivity contribution in [2.75, 3.05) is 14.2 Å². The van der Waals surface area contributed by atoms with E-state index in [0.717, 1.165) is 11.3 Å². The van der Waals surface area contributed by atoms with Gasteiger partial charge < -0.3 is 9.47 Å². The molecule has 0 unspecified atom stereocenters. The molecule has 2 heterocycles. The average Bonchev–Trinajstić information content (AvgIpc) is 2.93. The Hall–Kier alpha value is -2.89. The van der Waals surface area contributed by atoms with Crippen LogP contribution in [-0.2, 0) is 4.74 Å². The lowest BCUT2D eigenvalue weighted by molar-refractivity contribution is 0.0604. The van der Waals surface area contributed by atoms with Crippen LogP contribution in [0.25, 0.3) is 16.8 Å². The van der Waals surface area contributed by atoms with Gasteiger partial charge in [0.25, 0.3) is 0 Å². The van der Waals surface area contributed by atoms with Crippen LogP contribution in [0.1, 0.15) is 10.4 Å². The van der Waals surface area contributed by atoms with E-state index in [4.69, 9.17) is 9.47 Å². The molecule has 3 aromatic rings. The summed E-state index contributed by atoms with van der Waals surface area (Å²) in [5, 5.41) is 8.48. The van der Waals surface area contributed by atoms with Gasteiger partial charge in [-0.25, -0.2) is 4.79 Å². The Labute approximate surface area is 120 Å². The van der Waals surface area contributed by atoms with Crippen molar-refractivity contribution in [3.63, 3.8) is 0 Å². The molecule has 0 saturated carbocycles. The Kier molecular flexibility index (Phi) is 3.27. The van der Waals surface area contributed by atoms with Crippen molar-refractivity contribution < 1.29 is 14.3 Å². The zero-order valence-electron chi connectivity index (χ0n) is 11.6. The van der Waals surface area contributed by atoms with E-state index in [1.165, 1.54) is 11.7 Å². The van der Waals surface area contributed by atoms with Crippen LogP contribution < -0.4 is 4.74 Å². The maximum Gasteiger partial charge on any atom is 0.342 e. The summed E-state index contributed by atoms with van der Waals surface area (Å²) in [6.45, 7) is 0. The highest BCUT2D eigenvalue weighted by atomic mass is 16.5. The molecule has 0 bridgehead atoms. The fourth-order valence-electron chi connectivity index (χ4n) is 2.15. The van der Waals surface area contributed by atoms with Crippen LogP contribution in [0, 0.1) is 0 Å². The molecule has 6 heteroatoms. The lowest BCUT2D eigenvalue weighted by Gasteiger charge is -2.03. The number of esters is 1. The normalized spacial score (nSPS) is 10.6. The zero-order chi connectivity index (χ0) is 14.8. The summed E-state index contributed by atoms with van der Waals surface area (Å²) in [5.41, 5.74) is 2.33. The predicted octanol–water partition coefficient (Wildman–Crippen LogP) is 2.19. The molecule has 1 aromatic carbocycles. The molecule has 0 spiro atoms. The van der Waals surface area contributed by atoms with E-state index in [9.17, 15) is 4.79 Å². The largest absolute Gasteiger partial charge is 0.497 e. The molecule has 0 fully saturated rings. The second-order valence-corrected chi connectivity index (χ2v) is 4.34. The molecule has 6 nitrogen and oxygen atoms in total. The molecule has 0 radical (unpaired) electrons. The smallest absolute Gasteiger partial charge is 0.342 e. The van der Waals surface area contributed by atoms with Crippen LogP contribution in [0.2, 0.25) is 0 Å². The monoisotopic (exact) mass is 283 g/mol. The summed E-state index contributed by atoms with van der Waals surface area (Å²) in [7, 11) is 2.95. The lowest BCUT2D eigenvalue weighted by atomic mass is 10.1. The van der Waals surface area contributed by atoms with E-state index in [1.54, 1.807) is 25.4 Å². The first-order valence-electron chi connectivity index (χ1n) is 6.31. The average molecular weight is 283 g/mol. The third-order valence-electron chi connectivity index (χ3n) is 3.17. The molecule has 0 aliphatic heterocycles. The lowest BCUT2D eigenvalue weighted by Crippen LogP contribution is -2.02. The van der Waals surface area contributed by atoms with Gasteiger partial charge in [-0.05, 0) is 36.4 Å². The standard InChI is InChI=1S/C15H13N3O3/c1-20-11-7-5-10(6-8-11)14-13(15(19)21-2)12-4-3-9-16-18(12)17-14/h3-9H,1-2H3. The first-order valence-corrected chi connectivity index (χ1v) is 6.31. The quantitative estimate of drug-likeness (QED) is 0.689. The topological polar surface area (TPSA) is 65.7 Å². The fraction of sp³-hybridized carbons (Fsp3) is 0.133. The van der Waals surface area contributed by atoms with E-state index in [-0.39, 0.29) is 0 Å². The summed E-state index contributed by atoms with van der Waals surface area (Å²) in [6.07, 6.45) is 1.61. The Morgan fingerprint density at radius 2 is 1.90 bits per heavy atom. The Bertz CT molecular complexity index is 794. The molecular weight excluding hydrogens is 270 g/mol. The van der Waals surface area contributed by atoms with Gasteiger partial charge in [0.1, 0.15) is 22.5 Å². The number of fused-ring (bicyclic) bond motifs is 1. The van der Waals surface area contributed by atoms with Crippen LogP contribution in [0.5, 0.6) is 5.75 Å². The van der Waals surface area contributed by atoms with E-state index >= 15 is 0 Å². The summed E-state index contributed by atoms with van der Waals surface area (Å²) >= 11 is 0. The van der Waals surface area contributed by atoms with Crippen LogP contribution in [0.3, 0.4) is 0 Å². The first kappa shape index (κ1) is 13.1. The maximum atomic E-state index is 12.1. The van der Waals surface area contributed by atoms with E-state index < -0.39 is 5.97 Å². The molecule has 2 aromatic heterocycles. The minimum absolute atomic E-state index is 0.399. The highest BCUT2D eigenvalue weighted by molar-refractivity contribution is 6.03. The van der Waals surface area contributed by atoms with Crippen LogP contribution in [-0.4, -0.2) is 35.0 Å². The van der Waals surface area contributed by atoms with Crippen molar-refractivity contribution in [1.82, 2.24) is 14.8 Å². The third-order valence-corrected chi connectivity index (χ3v) is 3.17. The molecule has 0 saturated heterocycles. The second-order valence-electron chi connectivity index (χ2n) is 4.34. The van der Waals surface area contributed by atoms with Crippen molar-refractivity contribution in [2.24, 2.45) is 0 Å². The van der Waals surface area contributed by atoms with Gasteiger partial charge in [-0.15, -0.1) is 5.10 Å². The van der Waals surface area contributed by atoms with Gasteiger partial charge in [-0.1, -0.05) is 0 Å². The minimum Gasteiger partial charge on any atom is -0.497 e. The highest BCUT2D eigenvalue weighted by Crippen LogP contribution is 2.27. The molecule has 0 aliphatic rings. The van der Waals surface area contributed by atoms with Crippen molar-refractivity contribution in [3.05, 3.63) is 48.2 Å². The molecule has 0 atom stereocenters. The molecular formula is C15H13N3O3. The number of carbonyl (C=O) groups is 1. The molecule has 106 valence electrons. The zero-order valence-corrected chi connectivity index (χ0v) is 11.6. The second kappa shape index (κ2) is 5.24. The van der Waals surface area contributed by atoms with Gasteiger partial charge in [0.05, 0.1) is 14.2 Å². The van der Waals surface area contributed by atoms with Gasteiger partial charge in [0.15, 0.2) is 0 Å². The Balaban J connectivity index is 2.22. The summed E-state index contributed by atoms with van der Waals surface area (Å²) in [5.74, 6) is 0.295. The molecule has 0 amide bonds. The van der Waals surface area contributed by atoms with Crippen molar-refractivity contribution >= 4 is 11.5 Å². The number of benzene rings is 1. The number of rotatable bonds is 3. The number of aromatic nitrogens is 3. The molecule has 21 heavy (non-hydrogen) atoms. The van der Waals surface area contributed by atoms with Crippen molar-refractivity contribution in [3.8, 4) is 17.0 Å². The van der Waals surface area contributed by atoms with Crippen molar-refractivity contribution in [2.45, 2.75) is 0 Å². The minimum atomic E-state index is -0.441. The number of methoxy groups -OCH3 is 2. The number of hydrogen-bond donors (Lipinski definition) is 0. The Morgan fingerprint density at radius 3 is 2.57 bits per heavy atom. The molecule has 0 N–H and O–H groups in total. The fourth-order valence-corrected chi connectivity index (χ4v) is 2.15. The van der Waals surface area contributed by atoms with Gasteiger partial charge in [0.2, 0.25) is 0 Å². The number of carbonyl (C=O) groups excluding carboxylic acids is 1.